The van der Waals surface area contributed by atoms with Crippen molar-refractivity contribution in [3.63, 3.8) is 0 Å². The molecule has 7 heteroatoms. The van der Waals surface area contributed by atoms with Crippen LogP contribution in [0.15, 0.2) is 47.5 Å². The predicted octanol–water partition coefficient (Wildman–Crippen LogP) is 4.98. The van der Waals surface area contributed by atoms with Gasteiger partial charge in [0.1, 0.15) is 5.03 Å². The second-order valence-corrected chi connectivity index (χ2v) is 6.81. The Balaban J connectivity index is 1.71. The molecule has 1 heterocycles. The number of fused-ring (bicyclic) bond motifs is 1. The molecule has 0 fully saturated rings. The summed E-state index contributed by atoms with van der Waals surface area (Å²) in [5.74, 6) is -0.0144. The first-order chi connectivity index (χ1) is 11.5. The van der Waals surface area contributed by atoms with E-state index in [0.717, 1.165) is 21.8 Å². The summed E-state index contributed by atoms with van der Waals surface area (Å²) in [6.45, 7) is 1.88. The zero-order valence-corrected chi connectivity index (χ0v) is 15.0. The number of rotatable bonds is 4. The van der Waals surface area contributed by atoms with E-state index in [1.54, 1.807) is 18.2 Å². The van der Waals surface area contributed by atoms with Crippen LogP contribution in [0.25, 0.3) is 11.0 Å². The third-order valence-corrected chi connectivity index (χ3v) is 4.97. The highest BCUT2D eigenvalue weighted by Crippen LogP contribution is 2.30. The van der Waals surface area contributed by atoms with E-state index in [1.165, 1.54) is 11.8 Å². The Hall–Kier alpha value is -1.82. The van der Waals surface area contributed by atoms with Gasteiger partial charge in [-0.2, -0.15) is 0 Å². The van der Waals surface area contributed by atoms with Crippen molar-refractivity contribution in [2.45, 2.75) is 11.9 Å². The number of hydrogen-bond acceptors (Lipinski definition) is 4. The number of para-hydroxylation sites is 3. The fourth-order valence-corrected chi connectivity index (χ4v) is 3.38. The molecular weight excluding hydrogens is 365 g/mol. The van der Waals surface area contributed by atoms with Crippen LogP contribution in [0, 0.1) is 6.92 Å². The van der Waals surface area contributed by atoms with E-state index >= 15 is 0 Å². The van der Waals surface area contributed by atoms with Crippen LogP contribution < -0.4 is 5.32 Å². The van der Waals surface area contributed by atoms with E-state index in [2.05, 4.69) is 15.3 Å². The van der Waals surface area contributed by atoms with Crippen LogP contribution in [-0.2, 0) is 4.79 Å². The van der Waals surface area contributed by atoms with Gasteiger partial charge in [0.25, 0.3) is 0 Å². The van der Waals surface area contributed by atoms with E-state index in [9.17, 15) is 4.79 Å². The second kappa shape index (κ2) is 7.38. The molecule has 0 radical (unpaired) electrons. The van der Waals surface area contributed by atoms with Gasteiger partial charge in [-0.05, 0) is 31.2 Å². The maximum atomic E-state index is 12.2. The molecule has 2 aromatic carbocycles. The van der Waals surface area contributed by atoms with Crippen molar-refractivity contribution in [3.05, 3.63) is 58.2 Å². The Morgan fingerprint density at radius 1 is 1.04 bits per heavy atom. The number of amides is 1. The quantitative estimate of drug-likeness (QED) is 0.651. The van der Waals surface area contributed by atoms with Crippen molar-refractivity contribution < 1.29 is 4.79 Å². The van der Waals surface area contributed by atoms with E-state index < -0.39 is 0 Å². The molecule has 0 spiro atoms. The Morgan fingerprint density at radius 3 is 2.33 bits per heavy atom. The summed E-state index contributed by atoms with van der Waals surface area (Å²) in [7, 11) is 0. The largest absolute Gasteiger partial charge is 0.323 e. The molecule has 3 aromatic rings. The smallest absolute Gasteiger partial charge is 0.234 e. The van der Waals surface area contributed by atoms with E-state index in [4.69, 9.17) is 23.2 Å². The number of aryl methyl sites for hydroxylation is 1. The van der Waals surface area contributed by atoms with Gasteiger partial charge in [0.05, 0.1) is 38.2 Å². The Morgan fingerprint density at radius 2 is 1.67 bits per heavy atom. The number of carbonyl (C=O) groups excluding carboxylic acids is 1. The molecule has 0 aliphatic carbocycles. The molecule has 1 amide bonds. The van der Waals surface area contributed by atoms with Crippen LogP contribution in [0.2, 0.25) is 10.0 Å². The van der Waals surface area contributed by atoms with Gasteiger partial charge >= 0.3 is 0 Å². The summed E-state index contributed by atoms with van der Waals surface area (Å²) < 4.78 is 0. The molecule has 0 atom stereocenters. The van der Waals surface area contributed by atoms with Crippen molar-refractivity contribution in [1.29, 1.82) is 0 Å². The average Bonchev–Trinajstić information content (AvgIpc) is 2.56. The van der Waals surface area contributed by atoms with E-state index in [1.807, 2.05) is 31.2 Å². The summed E-state index contributed by atoms with van der Waals surface area (Å²) in [4.78, 5) is 21.2. The lowest BCUT2D eigenvalue weighted by Gasteiger charge is -2.09. The maximum Gasteiger partial charge on any atom is 0.234 e. The fraction of sp³-hybridized carbons (Fsp3) is 0.118. The van der Waals surface area contributed by atoms with Crippen LogP contribution in [0.5, 0.6) is 0 Å². The van der Waals surface area contributed by atoms with Crippen LogP contribution in [-0.4, -0.2) is 21.6 Å². The van der Waals surface area contributed by atoms with Gasteiger partial charge in [0.15, 0.2) is 0 Å². The third kappa shape index (κ3) is 3.80. The minimum Gasteiger partial charge on any atom is -0.323 e. The SMILES string of the molecule is Cc1nc2ccccc2nc1SCC(=O)Nc1c(Cl)cccc1Cl. The molecule has 0 unspecified atom stereocenters. The lowest BCUT2D eigenvalue weighted by molar-refractivity contribution is -0.113. The standard InChI is InChI=1S/C17H13Cl2N3OS/c1-10-17(21-14-8-3-2-7-13(14)20-10)24-9-15(23)22-16-11(18)5-4-6-12(16)19/h2-8H,9H2,1H3,(H,22,23). The molecular formula is C17H13Cl2N3OS. The topological polar surface area (TPSA) is 54.9 Å². The number of nitrogens with zero attached hydrogens (tertiary/aromatic N) is 2. The maximum absolute atomic E-state index is 12.2. The molecule has 122 valence electrons. The molecule has 0 saturated carbocycles. The van der Waals surface area contributed by atoms with Crippen LogP contribution in [0.3, 0.4) is 0 Å². The van der Waals surface area contributed by atoms with Crippen LogP contribution in [0.1, 0.15) is 5.69 Å². The Bertz CT molecular complexity index is 897. The summed E-state index contributed by atoms with van der Waals surface area (Å²) in [6, 6.07) is 12.7. The Kier molecular flexibility index (Phi) is 5.23. The van der Waals surface area contributed by atoms with Gasteiger partial charge in [-0.3, -0.25) is 4.79 Å². The van der Waals surface area contributed by atoms with Gasteiger partial charge in [0, 0.05) is 0 Å². The lowest BCUT2D eigenvalue weighted by atomic mass is 10.3. The molecule has 1 aromatic heterocycles. The summed E-state index contributed by atoms with van der Waals surface area (Å²) >= 11 is 13.4. The van der Waals surface area contributed by atoms with Gasteiger partial charge in [0.2, 0.25) is 5.91 Å². The summed E-state index contributed by atoms with van der Waals surface area (Å²) in [5.41, 5.74) is 2.86. The number of aromatic nitrogens is 2. The van der Waals surface area contributed by atoms with Gasteiger partial charge in [-0.15, -0.1) is 0 Å². The summed E-state index contributed by atoms with van der Waals surface area (Å²) in [6.07, 6.45) is 0. The lowest BCUT2D eigenvalue weighted by Crippen LogP contribution is -2.15. The minimum absolute atomic E-state index is 0.190. The first kappa shape index (κ1) is 17.0. The number of thioether (sulfide) groups is 1. The molecule has 0 bridgehead atoms. The molecule has 0 aliphatic heterocycles. The predicted molar refractivity (Wildman–Crippen MR) is 100 cm³/mol. The van der Waals surface area contributed by atoms with Crippen molar-refractivity contribution in [3.8, 4) is 0 Å². The van der Waals surface area contributed by atoms with Crippen molar-refractivity contribution in [2.75, 3.05) is 11.1 Å². The minimum atomic E-state index is -0.204. The van der Waals surface area contributed by atoms with Gasteiger partial charge < -0.3 is 5.32 Å². The van der Waals surface area contributed by atoms with Crippen molar-refractivity contribution >= 4 is 57.6 Å². The molecule has 1 N–H and O–H groups in total. The molecule has 0 aliphatic rings. The first-order valence-electron chi connectivity index (χ1n) is 7.14. The number of anilines is 1. The number of hydrogen-bond donors (Lipinski definition) is 1. The first-order valence-corrected chi connectivity index (χ1v) is 8.89. The highest BCUT2D eigenvalue weighted by molar-refractivity contribution is 8.00. The molecule has 3 rings (SSSR count). The second-order valence-electron chi connectivity index (χ2n) is 5.04. The van der Waals surface area contributed by atoms with Crippen molar-refractivity contribution in [1.82, 2.24) is 9.97 Å². The van der Waals surface area contributed by atoms with E-state index in [-0.39, 0.29) is 11.7 Å². The zero-order valence-electron chi connectivity index (χ0n) is 12.7. The third-order valence-electron chi connectivity index (χ3n) is 3.27. The molecule has 24 heavy (non-hydrogen) atoms. The summed E-state index contributed by atoms with van der Waals surface area (Å²) in [5, 5.41) is 4.27. The normalized spacial score (nSPS) is 10.8. The monoisotopic (exact) mass is 377 g/mol. The van der Waals surface area contributed by atoms with Gasteiger partial charge in [-0.25, -0.2) is 9.97 Å². The number of carbonyl (C=O) groups is 1. The van der Waals surface area contributed by atoms with Gasteiger partial charge in [-0.1, -0.05) is 53.2 Å². The average molecular weight is 378 g/mol. The molecule has 4 nitrogen and oxygen atoms in total. The molecule has 0 saturated heterocycles. The fourth-order valence-electron chi connectivity index (χ4n) is 2.14. The van der Waals surface area contributed by atoms with E-state index in [0.29, 0.717) is 15.7 Å². The Labute approximate surface area is 153 Å². The highest BCUT2D eigenvalue weighted by Gasteiger charge is 2.12. The number of nitrogens with one attached hydrogen (secondary N) is 1. The van der Waals surface area contributed by atoms with Crippen molar-refractivity contribution in [2.24, 2.45) is 0 Å². The van der Waals surface area contributed by atoms with Crippen LogP contribution in [0.4, 0.5) is 5.69 Å². The van der Waals surface area contributed by atoms with Crippen LogP contribution >= 0.6 is 35.0 Å². The zero-order chi connectivity index (χ0) is 17.1. The number of benzene rings is 2. The number of halogens is 2. The highest BCUT2D eigenvalue weighted by atomic mass is 35.5.